The molecule has 3 aromatic rings. The van der Waals surface area contributed by atoms with Gasteiger partial charge in [-0.15, -0.1) is 0 Å². The van der Waals surface area contributed by atoms with E-state index >= 15 is 0 Å². The Morgan fingerprint density at radius 2 is 1.82 bits per heavy atom. The predicted molar refractivity (Wildman–Crippen MR) is 114 cm³/mol. The number of rotatable bonds is 5. The topological polar surface area (TPSA) is 48.1 Å². The van der Waals surface area contributed by atoms with Crippen molar-refractivity contribution in [1.29, 1.82) is 0 Å². The predicted octanol–water partition coefficient (Wildman–Crippen LogP) is 4.90. The van der Waals surface area contributed by atoms with E-state index in [0.29, 0.717) is 0 Å². The highest BCUT2D eigenvalue weighted by molar-refractivity contribution is 5.93. The number of anilines is 1. The van der Waals surface area contributed by atoms with Crippen LogP contribution in [0.1, 0.15) is 25.7 Å². The summed E-state index contributed by atoms with van der Waals surface area (Å²) >= 11 is 0. The molecule has 4 nitrogen and oxygen atoms in total. The lowest BCUT2D eigenvalue weighted by atomic mass is 9.95. The van der Waals surface area contributed by atoms with E-state index in [1.807, 2.05) is 24.3 Å². The van der Waals surface area contributed by atoms with Crippen LogP contribution in [0.25, 0.3) is 22.2 Å². The molecule has 28 heavy (non-hydrogen) atoms. The van der Waals surface area contributed by atoms with Gasteiger partial charge in [0.05, 0.1) is 0 Å². The molecule has 0 unspecified atom stereocenters. The molecule has 2 fully saturated rings. The molecular formula is C24H27N3O. The molecule has 0 bridgehead atoms. The first-order chi connectivity index (χ1) is 13.7. The average molecular weight is 374 g/mol. The Hall–Kier alpha value is -2.59. The second-order valence-corrected chi connectivity index (χ2v) is 8.36. The zero-order valence-electron chi connectivity index (χ0n) is 16.2. The number of benzene rings is 2. The summed E-state index contributed by atoms with van der Waals surface area (Å²) in [5.74, 6) is 1.23. The Balaban J connectivity index is 1.24. The molecule has 0 atom stereocenters. The van der Waals surface area contributed by atoms with Crippen LogP contribution >= 0.6 is 0 Å². The van der Waals surface area contributed by atoms with E-state index in [9.17, 15) is 4.79 Å². The van der Waals surface area contributed by atoms with E-state index in [1.165, 1.54) is 24.8 Å². The van der Waals surface area contributed by atoms with E-state index in [4.69, 9.17) is 0 Å². The van der Waals surface area contributed by atoms with Crippen molar-refractivity contribution in [2.75, 3.05) is 25.0 Å². The van der Waals surface area contributed by atoms with Crippen LogP contribution in [0.4, 0.5) is 5.69 Å². The molecule has 144 valence electrons. The highest BCUT2D eigenvalue weighted by Crippen LogP contribution is 2.31. The van der Waals surface area contributed by atoms with Gasteiger partial charge in [0.2, 0.25) is 5.91 Å². The van der Waals surface area contributed by atoms with Crippen molar-refractivity contribution in [3.05, 3.63) is 54.6 Å². The molecule has 1 aliphatic carbocycles. The lowest BCUT2D eigenvalue weighted by Crippen LogP contribution is -2.39. The first-order valence-corrected chi connectivity index (χ1v) is 10.5. The summed E-state index contributed by atoms with van der Waals surface area (Å²) in [6, 6.07) is 18.6. The molecule has 1 saturated carbocycles. The fourth-order valence-electron chi connectivity index (χ4n) is 4.28. The van der Waals surface area contributed by atoms with Gasteiger partial charge in [-0.3, -0.25) is 4.79 Å². The molecule has 2 heterocycles. The summed E-state index contributed by atoms with van der Waals surface area (Å²) in [4.78, 5) is 18.8. The molecule has 0 spiro atoms. The van der Waals surface area contributed by atoms with Crippen molar-refractivity contribution in [2.24, 2.45) is 11.8 Å². The van der Waals surface area contributed by atoms with Crippen molar-refractivity contribution < 1.29 is 4.79 Å². The Kier molecular flexibility index (Phi) is 4.65. The van der Waals surface area contributed by atoms with Crippen LogP contribution in [0.15, 0.2) is 54.6 Å². The highest BCUT2D eigenvalue weighted by Gasteiger charge is 2.29. The van der Waals surface area contributed by atoms with Crippen molar-refractivity contribution in [2.45, 2.75) is 25.7 Å². The summed E-state index contributed by atoms with van der Waals surface area (Å²) in [6.07, 6.45) is 4.74. The molecule has 1 amide bonds. The van der Waals surface area contributed by atoms with Crippen LogP contribution in [-0.4, -0.2) is 35.4 Å². The SMILES string of the molecule is O=C(Nc1cccc(-c2cc3ccccc3[nH]2)c1)C1CCN(CC2CC2)CC1. The Morgan fingerprint density at radius 1 is 1.00 bits per heavy atom. The third-order valence-electron chi connectivity index (χ3n) is 6.14. The number of carbonyl (C=O) groups is 1. The van der Waals surface area contributed by atoms with Gasteiger partial charge in [-0.2, -0.15) is 0 Å². The van der Waals surface area contributed by atoms with Crippen LogP contribution in [0.5, 0.6) is 0 Å². The smallest absolute Gasteiger partial charge is 0.227 e. The van der Waals surface area contributed by atoms with Crippen LogP contribution in [0.3, 0.4) is 0 Å². The number of fused-ring (bicyclic) bond motifs is 1. The minimum Gasteiger partial charge on any atom is -0.355 e. The van der Waals surface area contributed by atoms with Crippen molar-refractivity contribution in [3.8, 4) is 11.3 Å². The minimum atomic E-state index is 0.132. The zero-order valence-corrected chi connectivity index (χ0v) is 16.2. The monoisotopic (exact) mass is 373 g/mol. The van der Waals surface area contributed by atoms with E-state index in [-0.39, 0.29) is 11.8 Å². The Morgan fingerprint density at radius 3 is 2.61 bits per heavy atom. The lowest BCUT2D eigenvalue weighted by Gasteiger charge is -2.31. The van der Waals surface area contributed by atoms with Crippen LogP contribution in [0.2, 0.25) is 0 Å². The second kappa shape index (κ2) is 7.44. The number of aromatic amines is 1. The van der Waals surface area contributed by atoms with Gasteiger partial charge in [0.25, 0.3) is 0 Å². The number of para-hydroxylation sites is 1. The molecule has 2 aromatic carbocycles. The molecule has 1 aromatic heterocycles. The van der Waals surface area contributed by atoms with Gasteiger partial charge in [0, 0.05) is 40.3 Å². The van der Waals surface area contributed by atoms with Crippen molar-refractivity contribution >= 4 is 22.5 Å². The molecule has 0 radical (unpaired) electrons. The Labute approximate surface area is 165 Å². The molecule has 4 heteroatoms. The van der Waals surface area contributed by atoms with Gasteiger partial charge in [0.1, 0.15) is 0 Å². The number of piperidine rings is 1. The lowest BCUT2D eigenvalue weighted by molar-refractivity contribution is -0.121. The molecule has 5 rings (SSSR count). The summed E-state index contributed by atoms with van der Waals surface area (Å²) in [5.41, 5.74) is 4.17. The molecule has 2 N–H and O–H groups in total. The van der Waals surface area contributed by atoms with Crippen molar-refractivity contribution in [3.63, 3.8) is 0 Å². The van der Waals surface area contributed by atoms with Crippen LogP contribution in [-0.2, 0) is 4.79 Å². The number of H-pyrrole nitrogens is 1. The molecular weight excluding hydrogens is 346 g/mol. The second-order valence-electron chi connectivity index (χ2n) is 8.36. The first kappa shape index (κ1) is 17.5. The average Bonchev–Trinajstić information content (AvgIpc) is 3.43. The van der Waals surface area contributed by atoms with E-state index in [0.717, 1.165) is 54.3 Å². The van der Waals surface area contributed by atoms with Gasteiger partial charge < -0.3 is 15.2 Å². The highest BCUT2D eigenvalue weighted by atomic mass is 16.1. The third-order valence-corrected chi connectivity index (χ3v) is 6.14. The Bertz CT molecular complexity index is 947. The fraction of sp³-hybridized carbons (Fsp3) is 0.375. The number of nitrogens with zero attached hydrogens (tertiary/aromatic N) is 1. The largest absolute Gasteiger partial charge is 0.355 e. The number of carbonyl (C=O) groups excluding carboxylic acids is 1. The van der Waals surface area contributed by atoms with Crippen LogP contribution in [0, 0.1) is 11.8 Å². The molecule has 1 aliphatic heterocycles. The van der Waals surface area contributed by atoms with Gasteiger partial charge in [0.15, 0.2) is 0 Å². The van der Waals surface area contributed by atoms with E-state index in [1.54, 1.807) is 0 Å². The number of hydrogen-bond donors (Lipinski definition) is 2. The zero-order chi connectivity index (χ0) is 18.9. The van der Waals surface area contributed by atoms with Gasteiger partial charge >= 0.3 is 0 Å². The number of likely N-dealkylation sites (tertiary alicyclic amines) is 1. The quantitative estimate of drug-likeness (QED) is 0.668. The maximum absolute atomic E-state index is 12.8. The number of aromatic nitrogens is 1. The maximum Gasteiger partial charge on any atom is 0.227 e. The van der Waals surface area contributed by atoms with Gasteiger partial charge in [-0.05, 0) is 69.0 Å². The van der Waals surface area contributed by atoms with E-state index < -0.39 is 0 Å². The number of nitrogens with one attached hydrogen (secondary N) is 2. The standard InChI is InChI=1S/C24H27N3O/c28-24(18-10-12-27(13-11-18)16-17-8-9-17)25-21-6-3-5-19(14-21)23-15-20-4-1-2-7-22(20)26-23/h1-7,14-15,17-18,26H,8-13,16H2,(H,25,28). The number of amides is 1. The van der Waals surface area contributed by atoms with Crippen LogP contribution < -0.4 is 5.32 Å². The van der Waals surface area contributed by atoms with Gasteiger partial charge in [-0.25, -0.2) is 0 Å². The van der Waals surface area contributed by atoms with Gasteiger partial charge in [-0.1, -0.05) is 30.3 Å². The third kappa shape index (κ3) is 3.83. The summed E-state index contributed by atoms with van der Waals surface area (Å²) < 4.78 is 0. The summed E-state index contributed by atoms with van der Waals surface area (Å²) in [6.45, 7) is 3.36. The molecule has 1 saturated heterocycles. The molecule has 2 aliphatic rings. The fourth-order valence-corrected chi connectivity index (χ4v) is 4.28. The maximum atomic E-state index is 12.8. The van der Waals surface area contributed by atoms with Crippen molar-refractivity contribution in [1.82, 2.24) is 9.88 Å². The normalized spacial score (nSPS) is 18.4. The van der Waals surface area contributed by atoms with E-state index in [2.05, 4.69) is 45.5 Å². The summed E-state index contributed by atoms with van der Waals surface area (Å²) in [7, 11) is 0. The first-order valence-electron chi connectivity index (χ1n) is 10.5. The number of hydrogen-bond acceptors (Lipinski definition) is 2. The minimum absolute atomic E-state index is 0.132. The summed E-state index contributed by atoms with van der Waals surface area (Å²) in [5, 5.41) is 4.35.